The van der Waals surface area contributed by atoms with Gasteiger partial charge in [0.1, 0.15) is 5.75 Å². The quantitative estimate of drug-likeness (QED) is 0.695. The van der Waals surface area contributed by atoms with Crippen LogP contribution in [0.1, 0.15) is 22.3 Å². The molecule has 0 radical (unpaired) electrons. The van der Waals surface area contributed by atoms with Crippen molar-refractivity contribution < 1.29 is 17.9 Å². The van der Waals surface area contributed by atoms with E-state index in [4.69, 9.17) is 16.3 Å². The third-order valence-corrected chi connectivity index (χ3v) is 4.62. The van der Waals surface area contributed by atoms with Crippen LogP contribution in [-0.2, 0) is 12.7 Å². The lowest BCUT2D eigenvalue weighted by molar-refractivity contribution is -0.137. The lowest BCUT2D eigenvalue weighted by Crippen LogP contribution is -2.32. The first-order chi connectivity index (χ1) is 10.8. The summed E-state index contributed by atoms with van der Waals surface area (Å²) in [6.07, 6.45) is -4.36. The average Bonchev–Trinajstić information content (AvgIpc) is 2.52. The number of fused-ring (bicyclic) bond motifs is 1. The highest BCUT2D eigenvalue weighted by atomic mass is 35.5. The molecule has 0 unspecified atom stereocenters. The predicted octanol–water partition coefficient (Wildman–Crippen LogP) is 5.33. The molecule has 0 aliphatic carbocycles. The molecule has 3 rings (SSSR count). The van der Waals surface area contributed by atoms with Crippen molar-refractivity contribution in [3.05, 3.63) is 57.6 Å². The minimum Gasteiger partial charge on any atom is -0.473 e. The number of benzene rings is 2. The maximum absolute atomic E-state index is 12.9. The van der Waals surface area contributed by atoms with Crippen LogP contribution < -0.4 is 9.64 Å². The van der Waals surface area contributed by atoms with Gasteiger partial charge in [0, 0.05) is 16.3 Å². The van der Waals surface area contributed by atoms with Gasteiger partial charge in [-0.1, -0.05) is 17.7 Å². The van der Waals surface area contributed by atoms with Gasteiger partial charge in [-0.2, -0.15) is 13.2 Å². The number of rotatable bonds is 1. The molecule has 2 nitrogen and oxygen atoms in total. The SMILES string of the molecule is Cc1cc2c(c(C)c1Cl)CN(c1cccc(C(F)(F)F)c1)CO2. The molecule has 0 aromatic heterocycles. The highest BCUT2D eigenvalue weighted by Crippen LogP contribution is 2.37. The molecule has 0 saturated carbocycles. The third kappa shape index (κ3) is 2.98. The maximum atomic E-state index is 12.9. The zero-order valence-corrected chi connectivity index (χ0v) is 13.4. The molecule has 0 fully saturated rings. The summed E-state index contributed by atoms with van der Waals surface area (Å²) in [5.74, 6) is 0.743. The van der Waals surface area contributed by atoms with Gasteiger partial charge in [0.2, 0.25) is 0 Å². The molecular formula is C17H15ClF3NO. The molecule has 1 aliphatic rings. The molecule has 122 valence electrons. The van der Waals surface area contributed by atoms with Crippen LogP contribution >= 0.6 is 11.6 Å². The molecule has 0 saturated heterocycles. The number of alkyl halides is 3. The molecule has 2 aromatic carbocycles. The normalized spacial score (nSPS) is 14.4. The van der Waals surface area contributed by atoms with Gasteiger partial charge in [0.25, 0.3) is 0 Å². The van der Waals surface area contributed by atoms with E-state index in [9.17, 15) is 13.2 Å². The number of hydrogen-bond donors (Lipinski definition) is 0. The molecule has 0 spiro atoms. The number of anilines is 1. The summed E-state index contributed by atoms with van der Waals surface area (Å²) in [5.41, 5.74) is 2.54. The van der Waals surface area contributed by atoms with Gasteiger partial charge < -0.3 is 9.64 Å². The van der Waals surface area contributed by atoms with E-state index < -0.39 is 11.7 Å². The van der Waals surface area contributed by atoms with Crippen molar-refractivity contribution in [3.8, 4) is 5.75 Å². The third-order valence-electron chi connectivity index (χ3n) is 4.04. The Bertz CT molecular complexity index is 758. The number of nitrogens with zero attached hydrogens (tertiary/aromatic N) is 1. The van der Waals surface area contributed by atoms with Crippen LogP contribution in [0, 0.1) is 13.8 Å². The Kier molecular flexibility index (Phi) is 3.92. The Morgan fingerprint density at radius 3 is 2.61 bits per heavy atom. The van der Waals surface area contributed by atoms with Crippen LogP contribution in [0.15, 0.2) is 30.3 Å². The summed E-state index contributed by atoms with van der Waals surface area (Å²) in [5, 5.41) is 0.665. The number of hydrogen-bond acceptors (Lipinski definition) is 2. The van der Waals surface area contributed by atoms with Gasteiger partial charge >= 0.3 is 6.18 Å². The lowest BCUT2D eigenvalue weighted by atomic mass is 10.0. The number of ether oxygens (including phenoxy) is 1. The molecule has 0 amide bonds. The van der Waals surface area contributed by atoms with E-state index in [1.807, 2.05) is 19.9 Å². The summed E-state index contributed by atoms with van der Waals surface area (Å²) in [6, 6.07) is 7.12. The van der Waals surface area contributed by atoms with Crippen LogP contribution in [-0.4, -0.2) is 6.73 Å². The minimum atomic E-state index is -4.36. The van der Waals surface area contributed by atoms with Crippen molar-refractivity contribution in [1.29, 1.82) is 0 Å². The number of aryl methyl sites for hydroxylation is 1. The molecule has 6 heteroatoms. The van der Waals surface area contributed by atoms with Crippen LogP contribution in [0.3, 0.4) is 0 Å². The molecular weight excluding hydrogens is 327 g/mol. The monoisotopic (exact) mass is 341 g/mol. The van der Waals surface area contributed by atoms with E-state index in [0.717, 1.165) is 34.6 Å². The predicted molar refractivity (Wildman–Crippen MR) is 84.0 cm³/mol. The van der Waals surface area contributed by atoms with Gasteiger partial charge in [-0.3, -0.25) is 0 Å². The first-order valence-corrected chi connectivity index (χ1v) is 7.49. The van der Waals surface area contributed by atoms with Crippen molar-refractivity contribution in [2.45, 2.75) is 26.6 Å². The lowest BCUT2D eigenvalue weighted by Gasteiger charge is -2.32. The second-order valence-electron chi connectivity index (χ2n) is 5.63. The van der Waals surface area contributed by atoms with Crippen molar-refractivity contribution >= 4 is 17.3 Å². The molecule has 0 bridgehead atoms. The zero-order chi connectivity index (χ0) is 16.8. The molecule has 1 aliphatic heterocycles. The zero-order valence-electron chi connectivity index (χ0n) is 12.7. The fourth-order valence-corrected chi connectivity index (χ4v) is 2.88. The topological polar surface area (TPSA) is 12.5 Å². The maximum Gasteiger partial charge on any atom is 0.416 e. The van der Waals surface area contributed by atoms with E-state index in [1.165, 1.54) is 6.07 Å². The van der Waals surface area contributed by atoms with Crippen molar-refractivity contribution in [2.75, 3.05) is 11.6 Å². The van der Waals surface area contributed by atoms with E-state index in [0.29, 0.717) is 17.3 Å². The summed E-state index contributed by atoms with van der Waals surface area (Å²) < 4.78 is 44.3. The first-order valence-electron chi connectivity index (χ1n) is 7.11. The summed E-state index contributed by atoms with van der Waals surface area (Å²) in [6.45, 7) is 4.46. The minimum absolute atomic E-state index is 0.203. The van der Waals surface area contributed by atoms with E-state index in [2.05, 4.69) is 0 Å². The van der Waals surface area contributed by atoms with E-state index in [1.54, 1.807) is 11.0 Å². The van der Waals surface area contributed by atoms with Gasteiger partial charge in [0.05, 0.1) is 12.1 Å². The van der Waals surface area contributed by atoms with Crippen LogP contribution in [0.4, 0.5) is 18.9 Å². The van der Waals surface area contributed by atoms with Crippen LogP contribution in [0.25, 0.3) is 0 Å². The molecule has 1 heterocycles. The van der Waals surface area contributed by atoms with Gasteiger partial charge in [-0.25, -0.2) is 0 Å². The van der Waals surface area contributed by atoms with Crippen molar-refractivity contribution in [2.24, 2.45) is 0 Å². The second kappa shape index (κ2) is 5.64. The first kappa shape index (κ1) is 16.0. The summed E-state index contributed by atoms with van der Waals surface area (Å²) in [4.78, 5) is 1.76. The summed E-state index contributed by atoms with van der Waals surface area (Å²) >= 11 is 6.27. The van der Waals surface area contributed by atoms with Gasteiger partial charge in [0.15, 0.2) is 6.73 Å². The standard InChI is InChI=1S/C17H15ClF3NO/c1-10-6-15-14(11(2)16(10)18)8-22(9-23-15)13-5-3-4-12(7-13)17(19,20)21/h3-7H,8-9H2,1-2H3. The Morgan fingerprint density at radius 1 is 1.17 bits per heavy atom. The Labute approximate surface area is 137 Å². The molecule has 0 atom stereocenters. The van der Waals surface area contributed by atoms with Crippen LogP contribution in [0.5, 0.6) is 5.75 Å². The second-order valence-corrected chi connectivity index (χ2v) is 6.01. The largest absolute Gasteiger partial charge is 0.473 e. The number of halogens is 4. The fourth-order valence-electron chi connectivity index (χ4n) is 2.71. The van der Waals surface area contributed by atoms with Gasteiger partial charge in [-0.15, -0.1) is 0 Å². The summed E-state index contributed by atoms with van der Waals surface area (Å²) in [7, 11) is 0. The van der Waals surface area contributed by atoms with Crippen molar-refractivity contribution in [1.82, 2.24) is 0 Å². The fraction of sp³-hybridized carbons (Fsp3) is 0.294. The highest BCUT2D eigenvalue weighted by Gasteiger charge is 2.31. The molecule has 0 N–H and O–H groups in total. The Morgan fingerprint density at radius 2 is 1.91 bits per heavy atom. The van der Waals surface area contributed by atoms with E-state index >= 15 is 0 Å². The van der Waals surface area contributed by atoms with Crippen molar-refractivity contribution in [3.63, 3.8) is 0 Å². The Balaban J connectivity index is 1.95. The molecule has 23 heavy (non-hydrogen) atoms. The van der Waals surface area contributed by atoms with E-state index in [-0.39, 0.29) is 6.73 Å². The smallest absolute Gasteiger partial charge is 0.416 e. The highest BCUT2D eigenvalue weighted by molar-refractivity contribution is 6.32. The Hall–Kier alpha value is -1.88. The van der Waals surface area contributed by atoms with Gasteiger partial charge in [-0.05, 0) is 49.2 Å². The van der Waals surface area contributed by atoms with Crippen LogP contribution in [0.2, 0.25) is 5.02 Å². The molecule has 2 aromatic rings. The average molecular weight is 342 g/mol.